The molecule has 0 spiro atoms. The second-order valence-corrected chi connectivity index (χ2v) is 7.18. The predicted octanol–water partition coefficient (Wildman–Crippen LogP) is 0.690. The van der Waals surface area contributed by atoms with Crippen molar-refractivity contribution in [3.8, 4) is 0 Å². The van der Waals surface area contributed by atoms with Gasteiger partial charge < -0.3 is 5.32 Å². The Morgan fingerprint density at radius 2 is 2.06 bits per heavy atom. The van der Waals surface area contributed by atoms with Crippen LogP contribution in [0.2, 0.25) is 0 Å². The van der Waals surface area contributed by atoms with E-state index < -0.39 is 21.5 Å². The molecular weight excluding hydrogens is 242 g/mol. The lowest BCUT2D eigenvalue weighted by atomic mass is 9.92. The van der Waals surface area contributed by atoms with E-state index in [0.717, 1.165) is 11.9 Å². The number of H-pyrrole nitrogens is 1. The van der Waals surface area contributed by atoms with Gasteiger partial charge in [-0.15, -0.1) is 0 Å². The van der Waals surface area contributed by atoms with Gasteiger partial charge in [0, 0.05) is 23.4 Å². The third kappa shape index (κ3) is 4.56. The van der Waals surface area contributed by atoms with Crippen molar-refractivity contribution in [3.05, 3.63) is 11.8 Å². The molecule has 0 aromatic carbocycles. The minimum Gasteiger partial charge on any atom is -0.308 e. The van der Waals surface area contributed by atoms with Crippen LogP contribution in [-0.4, -0.2) is 36.5 Å². The number of amides is 1. The first-order chi connectivity index (χ1) is 7.58. The number of sulfone groups is 1. The second-order valence-electron chi connectivity index (χ2n) is 5.04. The van der Waals surface area contributed by atoms with E-state index in [1.165, 1.54) is 0 Å². The molecule has 1 heterocycles. The Morgan fingerprint density at radius 1 is 1.47 bits per heavy atom. The molecule has 0 saturated carbocycles. The highest BCUT2D eigenvalue weighted by Gasteiger charge is 2.18. The molecule has 0 fully saturated rings. The van der Waals surface area contributed by atoms with Crippen molar-refractivity contribution in [2.24, 2.45) is 0 Å². The maximum atomic E-state index is 11.3. The molecule has 1 amide bonds. The van der Waals surface area contributed by atoms with Crippen molar-refractivity contribution in [2.45, 2.75) is 26.2 Å². The van der Waals surface area contributed by atoms with E-state index in [1.54, 1.807) is 6.07 Å². The molecule has 0 aliphatic heterocycles. The number of carbonyl (C=O) groups is 1. The van der Waals surface area contributed by atoms with Crippen LogP contribution in [0.1, 0.15) is 26.5 Å². The summed E-state index contributed by atoms with van der Waals surface area (Å²) in [5, 5.41) is 9.13. The predicted molar refractivity (Wildman–Crippen MR) is 65.6 cm³/mol. The van der Waals surface area contributed by atoms with Crippen LogP contribution in [0.15, 0.2) is 6.07 Å². The summed E-state index contributed by atoms with van der Waals surface area (Å²) in [7, 11) is -3.32. The van der Waals surface area contributed by atoms with E-state index >= 15 is 0 Å². The van der Waals surface area contributed by atoms with Gasteiger partial charge in [-0.1, -0.05) is 20.8 Å². The van der Waals surface area contributed by atoms with Gasteiger partial charge in [0.1, 0.15) is 5.75 Å². The molecule has 0 radical (unpaired) electrons. The Morgan fingerprint density at radius 3 is 2.47 bits per heavy atom. The number of nitrogens with one attached hydrogen (secondary N) is 2. The van der Waals surface area contributed by atoms with Crippen LogP contribution < -0.4 is 5.32 Å². The number of nitrogens with zero attached hydrogens (tertiary/aromatic N) is 1. The van der Waals surface area contributed by atoms with Crippen LogP contribution in [0.5, 0.6) is 0 Å². The van der Waals surface area contributed by atoms with E-state index in [0.29, 0.717) is 5.82 Å². The monoisotopic (exact) mass is 259 g/mol. The summed E-state index contributed by atoms with van der Waals surface area (Å²) < 4.78 is 21.8. The average molecular weight is 259 g/mol. The van der Waals surface area contributed by atoms with Gasteiger partial charge in [-0.3, -0.25) is 9.89 Å². The number of carbonyl (C=O) groups excluding carboxylic acids is 1. The first-order valence-electron chi connectivity index (χ1n) is 5.11. The molecule has 2 N–H and O–H groups in total. The summed E-state index contributed by atoms with van der Waals surface area (Å²) in [6.07, 6.45) is 1.01. The van der Waals surface area contributed by atoms with Gasteiger partial charge in [0.05, 0.1) is 0 Å². The Balaban J connectivity index is 2.71. The van der Waals surface area contributed by atoms with Gasteiger partial charge in [0.2, 0.25) is 5.91 Å². The van der Waals surface area contributed by atoms with Crippen molar-refractivity contribution in [3.63, 3.8) is 0 Å². The smallest absolute Gasteiger partial charge is 0.240 e. The summed E-state index contributed by atoms with van der Waals surface area (Å²) in [5.74, 6) is -0.784. The lowest BCUT2D eigenvalue weighted by Gasteiger charge is -2.14. The van der Waals surface area contributed by atoms with E-state index in [9.17, 15) is 13.2 Å². The molecule has 96 valence electrons. The molecule has 0 saturated heterocycles. The average Bonchev–Trinajstić information content (AvgIpc) is 2.47. The molecule has 0 atom stereocenters. The number of hydrogen-bond acceptors (Lipinski definition) is 4. The fourth-order valence-electron chi connectivity index (χ4n) is 1.19. The molecule has 0 aliphatic rings. The largest absolute Gasteiger partial charge is 0.308 e. The minimum atomic E-state index is -3.32. The summed E-state index contributed by atoms with van der Waals surface area (Å²) in [4.78, 5) is 11.3. The first kappa shape index (κ1) is 13.7. The number of aromatic amines is 1. The first-order valence-corrected chi connectivity index (χ1v) is 7.17. The van der Waals surface area contributed by atoms with E-state index in [-0.39, 0.29) is 5.41 Å². The molecule has 1 rings (SSSR count). The molecule has 1 aromatic heterocycles. The Labute approximate surface area is 101 Å². The zero-order valence-electron chi connectivity index (χ0n) is 10.4. The van der Waals surface area contributed by atoms with Crippen LogP contribution in [0.3, 0.4) is 0 Å². The maximum Gasteiger partial charge on any atom is 0.240 e. The second kappa shape index (κ2) is 4.48. The fourth-order valence-corrected chi connectivity index (χ4v) is 1.74. The molecule has 0 unspecified atom stereocenters. The van der Waals surface area contributed by atoms with Gasteiger partial charge in [-0.2, -0.15) is 5.10 Å². The van der Waals surface area contributed by atoms with E-state index in [1.807, 2.05) is 20.8 Å². The highest BCUT2D eigenvalue weighted by Crippen LogP contribution is 2.21. The number of aromatic nitrogens is 2. The summed E-state index contributed by atoms with van der Waals surface area (Å²) in [5.41, 5.74) is 0.763. The van der Waals surface area contributed by atoms with Crippen molar-refractivity contribution >= 4 is 21.6 Å². The van der Waals surface area contributed by atoms with Crippen LogP contribution in [0.25, 0.3) is 0 Å². The van der Waals surface area contributed by atoms with Crippen molar-refractivity contribution in [2.75, 3.05) is 17.3 Å². The van der Waals surface area contributed by atoms with Crippen LogP contribution in [0, 0.1) is 0 Å². The van der Waals surface area contributed by atoms with Gasteiger partial charge in [-0.05, 0) is 0 Å². The Bertz CT molecular complexity index is 511. The molecule has 0 bridgehead atoms. The minimum absolute atomic E-state index is 0.104. The zero-order valence-corrected chi connectivity index (χ0v) is 11.2. The maximum absolute atomic E-state index is 11.3. The Kier molecular flexibility index (Phi) is 3.61. The quantitative estimate of drug-likeness (QED) is 0.835. The van der Waals surface area contributed by atoms with Crippen molar-refractivity contribution < 1.29 is 13.2 Å². The van der Waals surface area contributed by atoms with Gasteiger partial charge in [-0.25, -0.2) is 8.42 Å². The molecular formula is C10H17N3O3S. The van der Waals surface area contributed by atoms with Crippen LogP contribution in [-0.2, 0) is 20.0 Å². The van der Waals surface area contributed by atoms with Crippen molar-refractivity contribution in [1.82, 2.24) is 10.2 Å². The molecule has 6 nitrogen and oxygen atoms in total. The highest BCUT2D eigenvalue weighted by atomic mass is 32.2. The molecule has 0 aliphatic carbocycles. The normalized spacial score (nSPS) is 12.5. The van der Waals surface area contributed by atoms with Gasteiger partial charge in [0.25, 0.3) is 0 Å². The number of hydrogen-bond donors (Lipinski definition) is 2. The summed E-state index contributed by atoms with van der Waals surface area (Å²) >= 11 is 0. The van der Waals surface area contributed by atoms with E-state index in [2.05, 4.69) is 15.5 Å². The standard InChI is InChI=1S/C10H17N3O3S/c1-10(2,3)7-5-8(13-12-7)11-9(14)6-17(4,15)16/h5H,6H2,1-4H3,(H2,11,12,13,14). The third-order valence-electron chi connectivity index (χ3n) is 2.05. The highest BCUT2D eigenvalue weighted by molar-refractivity contribution is 7.91. The SMILES string of the molecule is CC(C)(C)c1cc(NC(=O)CS(C)(=O)=O)n[nH]1. The molecule has 1 aromatic rings. The summed E-state index contributed by atoms with van der Waals surface area (Å²) in [6, 6.07) is 1.69. The lowest BCUT2D eigenvalue weighted by molar-refractivity contribution is -0.113. The number of anilines is 1. The van der Waals surface area contributed by atoms with Gasteiger partial charge >= 0.3 is 0 Å². The zero-order chi connectivity index (χ0) is 13.3. The fraction of sp³-hybridized carbons (Fsp3) is 0.600. The third-order valence-corrected chi connectivity index (χ3v) is 2.83. The van der Waals surface area contributed by atoms with Crippen LogP contribution in [0.4, 0.5) is 5.82 Å². The van der Waals surface area contributed by atoms with E-state index in [4.69, 9.17) is 0 Å². The van der Waals surface area contributed by atoms with Crippen LogP contribution >= 0.6 is 0 Å². The molecule has 7 heteroatoms. The number of rotatable bonds is 3. The van der Waals surface area contributed by atoms with Crippen molar-refractivity contribution in [1.29, 1.82) is 0 Å². The lowest BCUT2D eigenvalue weighted by Crippen LogP contribution is -2.22. The van der Waals surface area contributed by atoms with Gasteiger partial charge in [0.15, 0.2) is 15.7 Å². The molecule has 17 heavy (non-hydrogen) atoms. The summed E-state index contributed by atoms with van der Waals surface area (Å²) in [6.45, 7) is 6.01. The Hall–Kier alpha value is -1.37. The topological polar surface area (TPSA) is 91.9 Å².